The van der Waals surface area contributed by atoms with Crippen LogP contribution in [0.1, 0.15) is 12.5 Å². The van der Waals surface area contributed by atoms with Crippen molar-refractivity contribution in [2.45, 2.75) is 13.0 Å². The van der Waals surface area contributed by atoms with E-state index in [1.807, 2.05) is 0 Å². The van der Waals surface area contributed by atoms with Gasteiger partial charge in [0.15, 0.2) is 11.6 Å². The topological polar surface area (TPSA) is 110 Å². The van der Waals surface area contributed by atoms with Gasteiger partial charge in [0.25, 0.3) is 0 Å². The van der Waals surface area contributed by atoms with Crippen molar-refractivity contribution in [1.29, 1.82) is 0 Å². The van der Waals surface area contributed by atoms with Crippen LogP contribution >= 0.6 is 0 Å². The molecule has 0 radical (unpaired) electrons. The highest BCUT2D eigenvalue weighted by molar-refractivity contribution is 6.17. The number of primary amides is 1. The zero-order valence-electron chi connectivity index (χ0n) is 13.4. The van der Waals surface area contributed by atoms with Crippen LogP contribution in [-0.4, -0.2) is 40.5 Å². The van der Waals surface area contributed by atoms with E-state index in [-0.39, 0.29) is 23.7 Å². The van der Waals surface area contributed by atoms with Crippen molar-refractivity contribution in [2.75, 3.05) is 6.61 Å². The van der Waals surface area contributed by atoms with Gasteiger partial charge in [-0.05, 0) is 43.4 Å². The van der Waals surface area contributed by atoms with E-state index in [1.165, 1.54) is 25.2 Å². The summed E-state index contributed by atoms with van der Waals surface area (Å²) in [6.45, 7) is 1.48. The first kappa shape index (κ1) is 18.0. The summed E-state index contributed by atoms with van der Waals surface area (Å²) in [5.74, 6) is 5.41. The highest BCUT2D eigenvalue weighted by Crippen LogP contribution is 2.15. The standard InChI is InChI=1S/C18H16N2O5/c1-12(20(24)18(19)23)5-6-13-3-2-4-16(9-13)25-11-14-10-15(21)7-8-17(14)22/h2-4,7-10,12,24H,11H2,1H3,(H2,19,23). The van der Waals surface area contributed by atoms with Crippen LogP contribution < -0.4 is 10.5 Å². The largest absolute Gasteiger partial charge is 0.489 e. The van der Waals surface area contributed by atoms with Crippen LogP contribution in [0.5, 0.6) is 5.75 Å². The molecule has 7 nitrogen and oxygen atoms in total. The SMILES string of the molecule is CC(C#Cc1cccc(OCC2=CC(=O)C=CC2=O)c1)N(O)C(N)=O. The van der Waals surface area contributed by atoms with E-state index >= 15 is 0 Å². The Morgan fingerprint density at radius 1 is 1.36 bits per heavy atom. The highest BCUT2D eigenvalue weighted by Gasteiger charge is 2.14. The lowest BCUT2D eigenvalue weighted by atomic mass is 10.0. The molecule has 0 fully saturated rings. The molecule has 1 aliphatic carbocycles. The maximum absolute atomic E-state index is 11.6. The Bertz CT molecular complexity index is 829. The molecule has 1 aromatic carbocycles. The molecule has 0 heterocycles. The fourth-order valence-electron chi connectivity index (χ4n) is 1.93. The fourth-order valence-corrected chi connectivity index (χ4v) is 1.93. The maximum atomic E-state index is 11.6. The molecule has 0 saturated heterocycles. The third-order valence-corrected chi connectivity index (χ3v) is 3.28. The van der Waals surface area contributed by atoms with Gasteiger partial charge in [-0.2, -0.15) is 5.06 Å². The lowest BCUT2D eigenvalue weighted by Crippen LogP contribution is -2.38. The van der Waals surface area contributed by atoms with Gasteiger partial charge in [0.05, 0.1) is 0 Å². The molecular formula is C18H16N2O5. The van der Waals surface area contributed by atoms with Crippen LogP contribution in [0.3, 0.4) is 0 Å². The summed E-state index contributed by atoms with van der Waals surface area (Å²) in [5.41, 5.74) is 5.81. The van der Waals surface area contributed by atoms with Crippen LogP contribution in [0.15, 0.2) is 48.1 Å². The molecule has 1 unspecified atom stereocenters. The average molecular weight is 340 g/mol. The predicted molar refractivity (Wildman–Crippen MR) is 88.7 cm³/mol. The Hall–Kier alpha value is -3.37. The van der Waals surface area contributed by atoms with E-state index < -0.39 is 12.1 Å². The molecule has 128 valence electrons. The summed E-state index contributed by atoms with van der Waals surface area (Å²) in [5, 5.41) is 9.70. The number of nitrogens with two attached hydrogens (primary N) is 1. The second kappa shape index (κ2) is 7.95. The van der Waals surface area contributed by atoms with Crippen LogP contribution in [0.4, 0.5) is 4.79 Å². The lowest BCUT2D eigenvalue weighted by Gasteiger charge is -2.14. The number of rotatable bonds is 4. The van der Waals surface area contributed by atoms with Gasteiger partial charge < -0.3 is 10.5 Å². The molecule has 1 atom stereocenters. The smallest absolute Gasteiger partial charge is 0.339 e. The first-order chi connectivity index (χ1) is 11.9. The predicted octanol–water partition coefficient (Wildman–Crippen LogP) is 1.21. The molecule has 3 N–H and O–H groups in total. The number of hydrogen-bond donors (Lipinski definition) is 2. The van der Waals surface area contributed by atoms with E-state index in [4.69, 9.17) is 10.5 Å². The number of allylic oxidation sites excluding steroid dienone is 3. The Balaban J connectivity index is 2.04. The van der Waals surface area contributed by atoms with E-state index in [0.29, 0.717) is 16.4 Å². The average Bonchev–Trinajstić information content (AvgIpc) is 2.60. The van der Waals surface area contributed by atoms with Crippen molar-refractivity contribution >= 4 is 17.6 Å². The first-order valence-electron chi connectivity index (χ1n) is 7.35. The summed E-state index contributed by atoms with van der Waals surface area (Å²) >= 11 is 0. The van der Waals surface area contributed by atoms with Gasteiger partial charge in [0.1, 0.15) is 18.4 Å². The van der Waals surface area contributed by atoms with Crippen molar-refractivity contribution in [2.24, 2.45) is 5.73 Å². The molecule has 0 spiro atoms. The van der Waals surface area contributed by atoms with E-state index in [9.17, 15) is 19.6 Å². The number of benzene rings is 1. The minimum atomic E-state index is -0.993. The van der Waals surface area contributed by atoms with Gasteiger partial charge in [0, 0.05) is 11.1 Å². The number of amides is 2. The van der Waals surface area contributed by atoms with Gasteiger partial charge in [-0.15, -0.1) is 0 Å². The van der Waals surface area contributed by atoms with Gasteiger partial charge >= 0.3 is 6.03 Å². The molecule has 0 saturated carbocycles. The van der Waals surface area contributed by atoms with Crippen molar-refractivity contribution < 1.29 is 24.3 Å². The number of hydroxylamine groups is 2. The Labute approximate surface area is 144 Å². The second-order valence-corrected chi connectivity index (χ2v) is 5.21. The van der Waals surface area contributed by atoms with Crippen LogP contribution in [0, 0.1) is 11.8 Å². The quantitative estimate of drug-likeness (QED) is 0.370. The molecule has 0 bridgehead atoms. The summed E-state index contributed by atoms with van der Waals surface area (Å²) in [7, 11) is 0. The summed E-state index contributed by atoms with van der Waals surface area (Å²) in [6, 6.07) is 4.98. The number of ketones is 2. The summed E-state index contributed by atoms with van der Waals surface area (Å²) in [6.07, 6.45) is 3.66. The van der Waals surface area contributed by atoms with Crippen molar-refractivity contribution in [3.05, 3.63) is 53.6 Å². The third kappa shape index (κ3) is 5.06. The molecule has 1 aromatic rings. The van der Waals surface area contributed by atoms with Crippen molar-refractivity contribution in [1.82, 2.24) is 5.06 Å². The van der Waals surface area contributed by atoms with Crippen molar-refractivity contribution in [3.8, 4) is 17.6 Å². The van der Waals surface area contributed by atoms with E-state index in [0.717, 1.165) is 0 Å². The zero-order valence-corrected chi connectivity index (χ0v) is 13.4. The minimum absolute atomic E-state index is 0.0334. The molecule has 0 aliphatic heterocycles. The summed E-state index contributed by atoms with van der Waals surface area (Å²) < 4.78 is 5.52. The van der Waals surface area contributed by atoms with Gasteiger partial charge in [-0.3, -0.25) is 14.8 Å². The van der Waals surface area contributed by atoms with Gasteiger partial charge in [0.2, 0.25) is 0 Å². The number of carbonyl (C=O) groups is 3. The van der Waals surface area contributed by atoms with Crippen LogP contribution in [0.25, 0.3) is 0 Å². The first-order valence-corrected chi connectivity index (χ1v) is 7.35. The summed E-state index contributed by atoms with van der Waals surface area (Å²) in [4.78, 5) is 33.8. The number of hydrogen-bond acceptors (Lipinski definition) is 5. The number of carbonyl (C=O) groups excluding carboxylic acids is 3. The molecule has 2 rings (SSSR count). The third-order valence-electron chi connectivity index (χ3n) is 3.28. The number of nitrogens with zero attached hydrogens (tertiary/aromatic N) is 1. The van der Waals surface area contributed by atoms with E-state index in [2.05, 4.69) is 11.8 Å². The molecule has 0 aromatic heterocycles. The van der Waals surface area contributed by atoms with Crippen LogP contribution in [0.2, 0.25) is 0 Å². The molecule has 25 heavy (non-hydrogen) atoms. The molecular weight excluding hydrogens is 324 g/mol. The highest BCUT2D eigenvalue weighted by atomic mass is 16.5. The Morgan fingerprint density at radius 3 is 2.84 bits per heavy atom. The minimum Gasteiger partial charge on any atom is -0.489 e. The molecule has 2 amide bonds. The Morgan fingerprint density at radius 2 is 2.12 bits per heavy atom. The normalized spacial score (nSPS) is 14.2. The zero-order chi connectivity index (χ0) is 18.4. The Kier molecular flexibility index (Phi) is 5.71. The lowest BCUT2D eigenvalue weighted by molar-refractivity contribution is -0.114. The van der Waals surface area contributed by atoms with Crippen LogP contribution in [-0.2, 0) is 9.59 Å². The fraction of sp³-hybridized carbons (Fsp3) is 0.167. The van der Waals surface area contributed by atoms with Gasteiger partial charge in [-0.1, -0.05) is 17.9 Å². The second-order valence-electron chi connectivity index (χ2n) is 5.21. The van der Waals surface area contributed by atoms with Gasteiger partial charge in [-0.25, -0.2) is 4.79 Å². The molecule has 7 heteroatoms. The monoisotopic (exact) mass is 340 g/mol. The number of ether oxygens (including phenoxy) is 1. The van der Waals surface area contributed by atoms with Crippen molar-refractivity contribution in [3.63, 3.8) is 0 Å². The van der Waals surface area contributed by atoms with E-state index in [1.54, 1.807) is 24.3 Å². The number of urea groups is 1. The maximum Gasteiger partial charge on any atom is 0.339 e. The molecule has 1 aliphatic rings.